The summed E-state index contributed by atoms with van der Waals surface area (Å²) in [6.45, 7) is 0. The van der Waals surface area contributed by atoms with Gasteiger partial charge in [-0.05, 0) is 37.8 Å². The van der Waals surface area contributed by atoms with E-state index in [1.807, 2.05) is 12.2 Å². The van der Waals surface area contributed by atoms with E-state index >= 15 is 0 Å². The van der Waals surface area contributed by atoms with E-state index in [0.29, 0.717) is 0 Å². The van der Waals surface area contributed by atoms with E-state index in [2.05, 4.69) is 30.0 Å². The number of hydrogen-bond donors (Lipinski definition) is 0. The standard InChI is InChI=1S/C13H18/c1-2-4-6-8-10-12-13-11-9-7-5-3-1/h1-5,9H,6,8,10-13H2/b3-1+,4-2+. The minimum Gasteiger partial charge on any atom is -0.125 e. The molecule has 0 nitrogen and oxygen atoms in total. The number of hydrogen-bond acceptors (Lipinski definition) is 0. The highest BCUT2D eigenvalue weighted by Crippen LogP contribution is 2.06. The molecule has 0 aromatic carbocycles. The molecule has 1 aliphatic rings. The van der Waals surface area contributed by atoms with Crippen molar-refractivity contribution in [1.29, 1.82) is 0 Å². The smallest absolute Gasteiger partial charge is 0.0203 e. The molecule has 0 radical (unpaired) electrons. The van der Waals surface area contributed by atoms with Gasteiger partial charge in [-0.1, -0.05) is 37.1 Å². The first-order chi connectivity index (χ1) is 6.50. The fourth-order valence-corrected chi connectivity index (χ4v) is 1.36. The Kier molecular flexibility index (Phi) is 5.93. The molecule has 0 unspecified atom stereocenters. The molecule has 0 bridgehead atoms. The van der Waals surface area contributed by atoms with Crippen LogP contribution in [0.4, 0.5) is 0 Å². The van der Waals surface area contributed by atoms with Crippen LogP contribution in [0, 0.1) is 0 Å². The van der Waals surface area contributed by atoms with Crippen LogP contribution in [0.15, 0.2) is 42.2 Å². The highest BCUT2D eigenvalue weighted by atomic mass is 13.9. The van der Waals surface area contributed by atoms with Crippen molar-refractivity contribution in [2.45, 2.75) is 38.5 Å². The van der Waals surface area contributed by atoms with Crippen LogP contribution >= 0.6 is 0 Å². The van der Waals surface area contributed by atoms with E-state index in [1.165, 1.54) is 38.5 Å². The monoisotopic (exact) mass is 174 g/mol. The van der Waals surface area contributed by atoms with Crippen LogP contribution in [0.5, 0.6) is 0 Å². The second kappa shape index (κ2) is 7.64. The SMILES string of the molecule is C1=C/C=C/C=C/CCCCCCC=1. The molecule has 0 heteroatoms. The van der Waals surface area contributed by atoms with Gasteiger partial charge in [0.1, 0.15) is 0 Å². The summed E-state index contributed by atoms with van der Waals surface area (Å²) < 4.78 is 0. The molecular weight excluding hydrogens is 156 g/mol. The highest BCUT2D eigenvalue weighted by Gasteiger charge is 1.86. The maximum absolute atomic E-state index is 3.15. The van der Waals surface area contributed by atoms with Gasteiger partial charge in [-0.25, -0.2) is 0 Å². The molecule has 0 saturated carbocycles. The van der Waals surface area contributed by atoms with Crippen molar-refractivity contribution in [2.24, 2.45) is 0 Å². The van der Waals surface area contributed by atoms with E-state index in [1.54, 1.807) is 0 Å². The van der Waals surface area contributed by atoms with Crippen molar-refractivity contribution in [3.05, 3.63) is 42.2 Å². The van der Waals surface area contributed by atoms with Crippen LogP contribution in [-0.4, -0.2) is 0 Å². The Hall–Kier alpha value is -1.00. The van der Waals surface area contributed by atoms with Gasteiger partial charge in [0.15, 0.2) is 0 Å². The summed E-state index contributed by atoms with van der Waals surface area (Å²) in [6, 6.07) is 0. The Morgan fingerprint density at radius 3 is 2.54 bits per heavy atom. The third-order valence-electron chi connectivity index (χ3n) is 2.14. The van der Waals surface area contributed by atoms with E-state index in [4.69, 9.17) is 0 Å². The summed E-state index contributed by atoms with van der Waals surface area (Å²) in [7, 11) is 0. The molecule has 0 atom stereocenters. The molecule has 70 valence electrons. The van der Waals surface area contributed by atoms with Gasteiger partial charge in [-0.2, -0.15) is 0 Å². The molecule has 0 amide bonds. The van der Waals surface area contributed by atoms with Gasteiger partial charge >= 0.3 is 0 Å². The van der Waals surface area contributed by atoms with Crippen LogP contribution in [0.2, 0.25) is 0 Å². The second-order valence-corrected chi connectivity index (χ2v) is 3.34. The minimum absolute atomic E-state index is 1.18. The summed E-state index contributed by atoms with van der Waals surface area (Å²) >= 11 is 0. The maximum Gasteiger partial charge on any atom is -0.0203 e. The lowest BCUT2D eigenvalue weighted by Crippen LogP contribution is -1.76. The zero-order valence-corrected chi connectivity index (χ0v) is 8.21. The summed E-state index contributed by atoms with van der Waals surface area (Å²) in [4.78, 5) is 0. The van der Waals surface area contributed by atoms with E-state index in [-0.39, 0.29) is 0 Å². The average Bonchev–Trinajstić information content (AvgIpc) is 2.18. The Morgan fingerprint density at radius 2 is 1.62 bits per heavy atom. The lowest BCUT2D eigenvalue weighted by molar-refractivity contribution is 0.652. The fourth-order valence-electron chi connectivity index (χ4n) is 1.36. The van der Waals surface area contributed by atoms with E-state index in [9.17, 15) is 0 Å². The topological polar surface area (TPSA) is 0 Å². The predicted octanol–water partition coefficient (Wildman–Crippen LogP) is 4.16. The maximum atomic E-state index is 3.15. The van der Waals surface area contributed by atoms with Crippen LogP contribution in [0.1, 0.15) is 38.5 Å². The van der Waals surface area contributed by atoms with Crippen molar-refractivity contribution in [2.75, 3.05) is 0 Å². The van der Waals surface area contributed by atoms with Gasteiger partial charge in [0.25, 0.3) is 0 Å². The number of rotatable bonds is 0. The van der Waals surface area contributed by atoms with Gasteiger partial charge in [0, 0.05) is 0 Å². The molecule has 0 aromatic heterocycles. The third kappa shape index (κ3) is 6.19. The zero-order valence-electron chi connectivity index (χ0n) is 8.21. The largest absolute Gasteiger partial charge is 0.125 e. The van der Waals surface area contributed by atoms with Crippen LogP contribution in [0.3, 0.4) is 0 Å². The minimum atomic E-state index is 1.18. The summed E-state index contributed by atoms with van der Waals surface area (Å²) in [5, 5.41) is 0. The fraction of sp³-hybridized carbons (Fsp3) is 0.462. The lowest BCUT2D eigenvalue weighted by Gasteiger charge is -1.95. The molecule has 0 spiro atoms. The molecule has 1 rings (SSSR count). The first kappa shape index (κ1) is 10.1. The first-order valence-electron chi connectivity index (χ1n) is 5.23. The molecule has 1 aliphatic carbocycles. The van der Waals surface area contributed by atoms with Gasteiger partial charge in [0.05, 0.1) is 0 Å². The predicted molar refractivity (Wildman–Crippen MR) is 58.6 cm³/mol. The van der Waals surface area contributed by atoms with Crippen molar-refractivity contribution >= 4 is 0 Å². The molecule has 0 heterocycles. The summed E-state index contributed by atoms with van der Waals surface area (Å²) in [5.74, 6) is 0. The lowest BCUT2D eigenvalue weighted by atomic mass is 10.1. The first-order valence-corrected chi connectivity index (χ1v) is 5.23. The van der Waals surface area contributed by atoms with Gasteiger partial charge in [-0.15, -0.1) is 5.73 Å². The van der Waals surface area contributed by atoms with Crippen LogP contribution in [0.25, 0.3) is 0 Å². The van der Waals surface area contributed by atoms with E-state index in [0.717, 1.165) is 0 Å². The molecule has 0 saturated heterocycles. The molecule has 13 heavy (non-hydrogen) atoms. The highest BCUT2D eigenvalue weighted by molar-refractivity contribution is 5.10. The molecular formula is C13H18. The zero-order chi connectivity index (χ0) is 9.19. The number of allylic oxidation sites excluding steroid dienone is 5. The van der Waals surface area contributed by atoms with Crippen LogP contribution < -0.4 is 0 Å². The second-order valence-electron chi connectivity index (χ2n) is 3.34. The van der Waals surface area contributed by atoms with Gasteiger partial charge < -0.3 is 0 Å². The van der Waals surface area contributed by atoms with Crippen molar-refractivity contribution < 1.29 is 0 Å². The van der Waals surface area contributed by atoms with Gasteiger partial charge in [0.2, 0.25) is 0 Å². The average molecular weight is 174 g/mol. The van der Waals surface area contributed by atoms with E-state index < -0.39 is 0 Å². The normalized spacial score (nSPS) is 24.0. The Bertz CT molecular complexity index is 224. The Balaban J connectivity index is 2.41. The molecule has 0 aromatic rings. The summed E-state index contributed by atoms with van der Waals surface area (Å²) in [5.41, 5.74) is 3.15. The van der Waals surface area contributed by atoms with Gasteiger partial charge in [-0.3, -0.25) is 0 Å². The quantitative estimate of drug-likeness (QED) is 0.484. The van der Waals surface area contributed by atoms with Crippen molar-refractivity contribution in [3.63, 3.8) is 0 Å². The van der Waals surface area contributed by atoms with Crippen LogP contribution in [-0.2, 0) is 0 Å². The third-order valence-corrected chi connectivity index (χ3v) is 2.14. The Morgan fingerprint density at radius 1 is 0.769 bits per heavy atom. The molecule has 0 aliphatic heterocycles. The van der Waals surface area contributed by atoms with Crippen molar-refractivity contribution in [1.82, 2.24) is 0 Å². The molecule has 0 fully saturated rings. The van der Waals surface area contributed by atoms with Crippen molar-refractivity contribution in [3.8, 4) is 0 Å². The Labute approximate surface area is 81.4 Å². The summed E-state index contributed by atoms with van der Waals surface area (Å²) in [6.07, 6.45) is 20.3. The molecule has 0 N–H and O–H groups in total.